The summed E-state index contributed by atoms with van der Waals surface area (Å²) >= 11 is 0. The second kappa shape index (κ2) is 6.90. The van der Waals surface area contributed by atoms with Gasteiger partial charge in [0.1, 0.15) is 5.75 Å². The predicted molar refractivity (Wildman–Crippen MR) is 81.5 cm³/mol. The lowest BCUT2D eigenvalue weighted by molar-refractivity contribution is 0.103. The number of ketones is 1. The van der Waals surface area contributed by atoms with Crippen molar-refractivity contribution in [2.75, 3.05) is 6.61 Å². The van der Waals surface area contributed by atoms with Gasteiger partial charge in [0.05, 0.1) is 12.2 Å². The van der Waals surface area contributed by atoms with Crippen molar-refractivity contribution in [2.24, 2.45) is 0 Å². The molecule has 2 nitrogen and oxygen atoms in total. The first-order valence-electron chi connectivity index (χ1n) is 7.11. The molecule has 2 rings (SSSR count). The van der Waals surface area contributed by atoms with Crippen molar-refractivity contribution in [1.29, 1.82) is 0 Å². The number of hydrogen-bond donors (Lipinski definition) is 0. The van der Waals surface area contributed by atoms with Crippen molar-refractivity contribution < 1.29 is 9.53 Å². The zero-order valence-electron chi connectivity index (χ0n) is 12.1. The highest BCUT2D eigenvalue weighted by atomic mass is 16.5. The molecular weight excluding hydrogens is 248 g/mol. The first-order chi connectivity index (χ1) is 9.76. The molecule has 2 heteroatoms. The van der Waals surface area contributed by atoms with E-state index >= 15 is 0 Å². The van der Waals surface area contributed by atoms with Gasteiger partial charge >= 0.3 is 0 Å². The van der Waals surface area contributed by atoms with Gasteiger partial charge in [0.2, 0.25) is 0 Å². The van der Waals surface area contributed by atoms with Gasteiger partial charge in [0, 0.05) is 5.56 Å². The van der Waals surface area contributed by atoms with E-state index in [0.717, 1.165) is 12.8 Å². The average Bonchev–Trinajstić information content (AvgIpc) is 2.52. The molecule has 0 spiro atoms. The van der Waals surface area contributed by atoms with E-state index in [1.165, 1.54) is 5.56 Å². The summed E-state index contributed by atoms with van der Waals surface area (Å²) in [6.45, 7) is 4.78. The summed E-state index contributed by atoms with van der Waals surface area (Å²) in [7, 11) is 0. The van der Waals surface area contributed by atoms with E-state index in [1.54, 1.807) is 0 Å². The molecule has 0 amide bonds. The fourth-order valence-corrected chi connectivity index (χ4v) is 2.05. The standard InChI is InChI=1S/C18H20O2/c1-3-12-20-17-13-14(4-2)10-11-16(17)18(19)15-8-6-5-7-9-15/h5-11,13H,3-4,12H2,1-2H3. The lowest BCUT2D eigenvalue weighted by Crippen LogP contribution is -2.06. The van der Waals surface area contributed by atoms with Gasteiger partial charge in [0.15, 0.2) is 5.78 Å². The Bertz CT molecular complexity index is 573. The molecule has 0 aliphatic rings. The quantitative estimate of drug-likeness (QED) is 0.731. The third kappa shape index (κ3) is 3.27. The summed E-state index contributed by atoms with van der Waals surface area (Å²) in [4.78, 5) is 12.5. The number of rotatable bonds is 6. The third-order valence-corrected chi connectivity index (χ3v) is 3.20. The molecular formula is C18H20O2. The Kier molecular flexibility index (Phi) is 4.94. The van der Waals surface area contributed by atoms with E-state index in [-0.39, 0.29) is 5.78 Å². The van der Waals surface area contributed by atoms with Crippen molar-refractivity contribution in [1.82, 2.24) is 0 Å². The minimum absolute atomic E-state index is 0.0133. The number of ether oxygens (including phenoxy) is 1. The van der Waals surface area contributed by atoms with Crippen LogP contribution in [0.3, 0.4) is 0 Å². The minimum Gasteiger partial charge on any atom is -0.493 e. The van der Waals surface area contributed by atoms with Crippen LogP contribution in [-0.4, -0.2) is 12.4 Å². The van der Waals surface area contributed by atoms with Crippen LogP contribution in [0.5, 0.6) is 5.75 Å². The molecule has 0 fully saturated rings. The number of carbonyl (C=O) groups excluding carboxylic acids is 1. The summed E-state index contributed by atoms with van der Waals surface area (Å²) in [6.07, 6.45) is 1.86. The van der Waals surface area contributed by atoms with Crippen LogP contribution in [0.1, 0.15) is 41.8 Å². The smallest absolute Gasteiger partial charge is 0.196 e. The summed E-state index contributed by atoms with van der Waals surface area (Å²) in [5.41, 5.74) is 2.51. The highest BCUT2D eigenvalue weighted by molar-refractivity contribution is 6.10. The molecule has 0 saturated carbocycles. The fourth-order valence-electron chi connectivity index (χ4n) is 2.05. The topological polar surface area (TPSA) is 26.3 Å². The summed E-state index contributed by atoms with van der Waals surface area (Å²) < 4.78 is 5.75. The van der Waals surface area contributed by atoms with Crippen LogP contribution in [0, 0.1) is 0 Å². The lowest BCUT2D eigenvalue weighted by atomic mass is 10.0. The van der Waals surface area contributed by atoms with Crippen LogP contribution in [0.25, 0.3) is 0 Å². The normalized spacial score (nSPS) is 10.3. The van der Waals surface area contributed by atoms with Gasteiger partial charge in [-0.25, -0.2) is 0 Å². The minimum atomic E-state index is 0.0133. The number of aryl methyl sites for hydroxylation is 1. The lowest BCUT2D eigenvalue weighted by Gasteiger charge is -2.12. The van der Waals surface area contributed by atoms with Gasteiger partial charge in [-0.1, -0.05) is 50.2 Å². The molecule has 0 N–H and O–H groups in total. The number of hydrogen-bond acceptors (Lipinski definition) is 2. The zero-order chi connectivity index (χ0) is 14.4. The molecule has 0 unspecified atom stereocenters. The molecule has 2 aromatic rings. The van der Waals surface area contributed by atoms with E-state index in [2.05, 4.69) is 13.8 Å². The summed E-state index contributed by atoms with van der Waals surface area (Å²) in [6, 6.07) is 15.2. The highest BCUT2D eigenvalue weighted by Gasteiger charge is 2.14. The van der Waals surface area contributed by atoms with Gasteiger partial charge in [-0.2, -0.15) is 0 Å². The van der Waals surface area contributed by atoms with Crippen LogP contribution in [0.15, 0.2) is 48.5 Å². The maximum absolute atomic E-state index is 12.5. The molecule has 104 valence electrons. The molecule has 0 heterocycles. The van der Waals surface area contributed by atoms with Crippen LogP contribution in [0.4, 0.5) is 0 Å². The Morgan fingerprint density at radius 1 is 1.05 bits per heavy atom. The van der Waals surface area contributed by atoms with Crippen LogP contribution in [0.2, 0.25) is 0 Å². The van der Waals surface area contributed by atoms with Crippen molar-refractivity contribution in [3.05, 3.63) is 65.2 Å². The van der Waals surface area contributed by atoms with Crippen molar-refractivity contribution >= 4 is 5.78 Å². The van der Waals surface area contributed by atoms with E-state index in [9.17, 15) is 4.79 Å². The number of carbonyl (C=O) groups is 1. The molecule has 0 atom stereocenters. The maximum Gasteiger partial charge on any atom is 0.196 e. The van der Waals surface area contributed by atoms with Crippen molar-refractivity contribution in [3.8, 4) is 5.75 Å². The van der Waals surface area contributed by atoms with E-state index < -0.39 is 0 Å². The first-order valence-corrected chi connectivity index (χ1v) is 7.11. The zero-order valence-corrected chi connectivity index (χ0v) is 12.1. The molecule has 2 aromatic carbocycles. The molecule has 20 heavy (non-hydrogen) atoms. The van der Waals surface area contributed by atoms with E-state index in [4.69, 9.17) is 4.74 Å². The SMILES string of the molecule is CCCOc1cc(CC)ccc1C(=O)c1ccccc1. The van der Waals surface area contributed by atoms with Gasteiger partial charge < -0.3 is 4.74 Å². The Labute approximate surface area is 120 Å². The Hall–Kier alpha value is -2.09. The van der Waals surface area contributed by atoms with Crippen molar-refractivity contribution in [2.45, 2.75) is 26.7 Å². The van der Waals surface area contributed by atoms with Gasteiger partial charge in [-0.15, -0.1) is 0 Å². The molecule has 0 radical (unpaired) electrons. The van der Waals surface area contributed by atoms with Gasteiger partial charge in [-0.3, -0.25) is 4.79 Å². The third-order valence-electron chi connectivity index (χ3n) is 3.20. The van der Waals surface area contributed by atoms with E-state index in [1.807, 2.05) is 48.5 Å². The Balaban J connectivity index is 2.37. The fraction of sp³-hybridized carbons (Fsp3) is 0.278. The second-order valence-electron chi connectivity index (χ2n) is 4.73. The van der Waals surface area contributed by atoms with Gasteiger partial charge in [-0.05, 0) is 30.5 Å². The largest absolute Gasteiger partial charge is 0.493 e. The Morgan fingerprint density at radius 2 is 1.80 bits per heavy atom. The molecule has 0 saturated heterocycles. The monoisotopic (exact) mass is 268 g/mol. The van der Waals surface area contributed by atoms with Crippen LogP contribution < -0.4 is 4.74 Å². The first kappa shape index (κ1) is 14.3. The maximum atomic E-state index is 12.5. The van der Waals surface area contributed by atoms with Crippen molar-refractivity contribution in [3.63, 3.8) is 0 Å². The second-order valence-corrected chi connectivity index (χ2v) is 4.73. The molecule has 0 bridgehead atoms. The van der Waals surface area contributed by atoms with Crippen LogP contribution >= 0.6 is 0 Å². The average molecular weight is 268 g/mol. The molecule has 0 aliphatic carbocycles. The summed E-state index contributed by atoms with van der Waals surface area (Å²) in [5, 5.41) is 0. The highest BCUT2D eigenvalue weighted by Crippen LogP contribution is 2.24. The van der Waals surface area contributed by atoms with Gasteiger partial charge in [0.25, 0.3) is 0 Å². The Morgan fingerprint density at radius 3 is 2.45 bits per heavy atom. The molecule has 0 aliphatic heterocycles. The predicted octanol–water partition coefficient (Wildman–Crippen LogP) is 4.27. The molecule has 0 aromatic heterocycles. The number of benzene rings is 2. The summed E-state index contributed by atoms with van der Waals surface area (Å²) in [5.74, 6) is 0.708. The van der Waals surface area contributed by atoms with E-state index in [0.29, 0.717) is 23.5 Å². The van der Waals surface area contributed by atoms with Crippen LogP contribution in [-0.2, 0) is 6.42 Å².